The average Bonchev–Trinajstić information content (AvgIpc) is 1.96. The quantitative estimate of drug-likeness (QED) is 0.664. The second-order valence-corrected chi connectivity index (χ2v) is 3.48. The van der Waals surface area contributed by atoms with Crippen molar-refractivity contribution in [1.82, 2.24) is 0 Å². The standard InChI is InChI=1S/C9H16O5/c1-6(11)13-8(5-10)9(3,4)14-7(2)12/h8,10H,5H2,1-4H3/t8-/m0/s1. The summed E-state index contributed by atoms with van der Waals surface area (Å²) < 4.78 is 9.71. The number of carbonyl (C=O) groups excluding carboxylic acids is 2. The van der Waals surface area contributed by atoms with Gasteiger partial charge in [0.1, 0.15) is 5.60 Å². The van der Waals surface area contributed by atoms with Gasteiger partial charge in [0, 0.05) is 13.8 Å². The largest absolute Gasteiger partial charge is 0.456 e. The second kappa shape index (κ2) is 4.95. The molecule has 0 saturated carbocycles. The van der Waals surface area contributed by atoms with E-state index in [4.69, 9.17) is 14.6 Å². The van der Waals surface area contributed by atoms with Crippen LogP contribution in [0.3, 0.4) is 0 Å². The highest BCUT2D eigenvalue weighted by molar-refractivity contribution is 5.67. The highest BCUT2D eigenvalue weighted by Gasteiger charge is 2.34. The number of esters is 2. The molecule has 1 atom stereocenters. The minimum absolute atomic E-state index is 0.389. The first kappa shape index (κ1) is 12.9. The zero-order valence-electron chi connectivity index (χ0n) is 8.86. The summed E-state index contributed by atoms with van der Waals surface area (Å²) in [7, 11) is 0. The summed E-state index contributed by atoms with van der Waals surface area (Å²) in [5.74, 6) is -1.01. The minimum atomic E-state index is -1.02. The SMILES string of the molecule is CC(=O)O[C@@H](CO)C(C)(C)OC(C)=O. The second-order valence-electron chi connectivity index (χ2n) is 3.48. The fourth-order valence-electron chi connectivity index (χ4n) is 1.04. The first-order valence-electron chi connectivity index (χ1n) is 4.27. The van der Waals surface area contributed by atoms with E-state index in [0.717, 1.165) is 0 Å². The van der Waals surface area contributed by atoms with Crippen LogP contribution in [0.4, 0.5) is 0 Å². The van der Waals surface area contributed by atoms with E-state index in [1.165, 1.54) is 13.8 Å². The number of ether oxygens (including phenoxy) is 2. The van der Waals surface area contributed by atoms with Gasteiger partial charge in [-0.25, -0.2) is 0 Å². The third-order valence-electron chi connectivity index (χ3n) is 1.66. The first-order chi connectivity index (χ1) is 6.29. The van der Waals surface area contributed by atoms with Crippen molar-refractivity contribution >= 4 is 11.9 Å². The van der Waals surface area contributed by atoms with E-state index < -0.39 is 23.6 Å². The monoisotopic (exact) mass is 204 g/mol. The van der Waals surface area contributed by atoms with Crippen LogP contribution >= 0.6 is 0 Å². The Hall–Kier alpha value is -1.10. The first-order valence-corrected chi connectivity index (χ1v) is 4.27. The predicted octanol–water partition coefficient (Wildman–Crippen LogP) is 0.252. The van der Waals surface area contributed by atoms with Crippen LogP contribution in [0.2, 0.25) is 0 Å². The number of rotatable bonds is 4. The number of hydrogen-bond donors (Lipinski definition) is 1. The Morgan fingerprint density at radius 2 is 1.79 bits per heavy atom. The zero-order valence-corrected chi connectivity index (χ0v) is 8.86. The molecule has 14 heavy (non-hydrogen) atoms. The van der Waals surface area contributed by atoms with Crippen molar-refractivity contribution in [2.75, 3.05) is 6.61 Å². The van der Waals surface area contributed by atoms with Crippen LogP contribution < -0.4 is 0 Å². The van der Waals surface area contributed by atoms with E-state index in [2.05, 4.69) is 0 Å². The lowest BCUT2D eigenvalue weighted by molar-refractivity contribution is -0.182. The molecule has 0 aromatic rings. The van der Waals surface area contributed by atoms with Gasteiger partial charge < -0.3 is 14.6 Å². The van der Waals surface area contributed by atoms with E-state index in [1.54, 1.807) is 13.8 Å². The summed E-state index contributed by atoms with van der Waals surface area (Å²) in [5.41, 5.74) is -1.02. The van der Waals surface area contributed by atoms with Gasteiger partial charge >= 0.3 is 11.9 Å². The van der Waals surface area contributed by atoms with E-state index in [0.29, 0.717) is 0 Å². The molecule has 5 heteroatoms. The third-order valence-corrected chi connectivity index (χ3v) is 1.66. The van der Waals surface area contributed by atoms with Gasteiger partial charge in [-0.05, 0) is 13.8 Å². The van der Waals surface area contributed by atoms with Crippen molar-refractivity contribution in [1.29, 1.82) is 0 Å². The van der Waals surface area contributed by atoms with Gasteiger partial charge in [-0.15, -0.1) is 0 Å². The van der Waals surface area contributed by atoms with E-state index >= 15 is 0 Å². The summed E-state index contributed by atoms with van der Waals surface area (Å²) in [6, 6.07) is 0. The summed E-state index contributed by atoms with van der Waals surface area (Å²) >= 11 is 0. The number of carbonyl (C=O) groups is 2. The van der Waals surface area contributed by atoms with Crippen LogP contribution in [0, 0.1) is 0 Å². The molecule has 1 N–H and O–H groups in total. The highest BCUT2D eigenvalue weighted by Crippen LogP contribution is 2.18. The lowest BCUT2D eigenvalue weighted by Gasteiger charge is -2.31. The molecule has 0 bridgehead atoms. The molecule has 0 aromatic heterocycles. The predicted molar refractivity (Wildman–Crippen MR) is 48.5 cm³/mol. The van der Waals surface area contributed by atoms with Crippen molar-refractivity contribution < 1.29 is 24.2 Å². The molecule has 0 aliphatic heterocycles. The van der Waals surface area contributed by atoms with E-state index in [1.807, 2.05) is 0 Å². The lowest BCUT2D eigenvalue weighted by Crippen LogP contribution is -2.45. The number of aliphatic hydroxyl groups excluding tert-OH is 1. The summed E-state index contributed by atoms with van der Waals surface area (Å²) in [6.07, 6.45) is -0.844. The van der Waals surface area contributed by atoms with Gasteiger partial charge in [-0.1, -0.05) is 0 Å². The van der Waals surface area contributed by atoms with Crippen LogP contribution in [0.25, 0.3) is 0 Å². The molecule has 0 heterocycles. The Morgan fingerprint density at radius 3 is 2.07 bits per heavy atom. The normalized spacial score (nSPS) is 13.2. The van der Waals surface area contributed by atoms with Gasteiger partial charge in [0.25, 0.3) is 0 Å². The maximum Gasteiger partial charge on any atom is 0.303 e. The number of hydrogen-bond acceptors (Lipinski definition) is 5. The Balaban J connectivity index is 4.47. The topological polar surface area (TPSA) is 72.8 Å². The van der Waals surface area contributed by atoms with Crippen molar-refractivity contribution in [3.05, 3.63) is 0 Å². The molecule has 0 saturated heterocycles. The van der Waals surface area contributed by atoms with Gasteiger partial charge in [0.15, 0.2) is 6.10 Å². The average molecular weight is 204 g/mol. The van der Waals surface area contributed by atoms with Crippen molar-refractivity contribution in [2.45, 2.75) is 39.4 Å². The Bertz CT molecular complexity index is 221. The molecule has 0 aliphatic carbocycles. The van der Waals surface area contributed by atoms with Gasteiger partial charge in [0.05, 0.1) is 6.61 Å². The molecule has 0 amide bonds. The molecule has 5 nitrogen and oxygen atoms in total. The lowest BCUT2D eigenvalue weighted by atomic mass is 10.0. The van der Waals surface area contributed by atoms with E-state index in [9.17, 15) is 9.59 Å². The van der Waals surface area contributed by atoms with Gasteiger partial charge in [0.2, 0.25) is 0 Å². The Labute approximate surface area is 83.0 Å². The maximum atomic E-state index is 10.7. The molecular formula is C9H16O5. The fraction of sp³-hybridized carbons (Fsp3) is 0.778. The molecule has 0 aromatic carbocycles. The summed E-state index contributed by atoms with van der Waals surface area (Å²) in [5, 5.41) is 8.95. The maximum absolute atomic E-state index is 10.7. The molecule has 82 valence electrons. The van der Waals surface area contributed by atoms with Gasteiger partial charge in [-0.3, -0.25) is 9.59 Å². The van der Waals surface area contributed by atoms with Crippen LogP contribution in [-0.2, 0) is 19.1 Å². The summed E-state index contributed by atoms with van der Waals surface area (Å²) in [6.45, 7) is 5.23. The minimum Gasteiger partial charge on any atom is -0.456 e. The molecule has 0 rings (SSSR count). The highest BCUT2D eigenvalue weighted by atomic mass is 16.6. The molecular weight excluding hydrogens is 188 g/mol. The smallest absolute Gasteiger partial charge is 0.303 e. The zero-order chi connectivity index (χ0) is 11.4. The fourth-order valence-corrected chi connectivity index (χ4v) is 1.04. The van der Waals surface area contributed by atoms with Crippen LogP contribution in [0.5, 0.6) is 0 Å². The Morgan fingerprint density at radius 1 is 1.29 bits per heavy atom. The third kappa shape index (κ3) is 4.23. The van der Waals surface area contributed by atoms with Crippen LogP contribution in [0.1, 0.15) is 27.7 Å². The van der Waals surface area contributed by atoms with Crippen molar-refractivity contribution in [2.24, 2.45) is 0 Å². The van der Waals surface area contributed by atoms with Crippen molar-refractivity contribution in [3.8, 4) is 0 Å². The molecule has 0 fully saturated rings. The van der Waals surface area contributed by atoms with Gasteiger partial charge in [-0.2, -0.15) is 0 Å². The van der Waals surface area contributed by atoms with E-state index in [-0.39, 0.29) is 6.61 Å². The molecule has 0 unspecified atom stereocenters. The number of aliphatic hydroxyl groups is 1. The molecule has 0 aliphatic rings. The molecule has 0 spiro atoms. The van der Waals surface area contributed by atoms with Crippen LogP contribution in [0.15, 0.2) is 0 Å². The molecule has 0 radical (unpaired) electrons. The summed E-state index contributed by atoms with van der Waals surface area (Å²) in [4.78, 5) is 21.4. The Kier molecular flexibility index (Phi) is 4.56. The van der Waals surface area contributed by atoms with Crippen molar-refractivity contribution in [3.63, 3.8) is 0 Å². The van der Waals surface area contributed by atoms with Crippen LogP contribution in [-0.4, -0.2) is 35.4 Å².